The zero-order valence-corrected chi connectivity index (χ0v) is 14.6. The molecule has 6 heteroatoms. The van der Waals surface area contributed by atoms with Crippen molar-refractivity contribution in [3.8, 4) is 0 Å². The van der Waals surface area contributed by atoms with Crippen LogP contribution in [0.1, 0.15) is 46.2 Å². The van der Waals surface area contributed by atoms with E-state index in [4.69, 9.17) is 4.74 Å². The summed E-state index contributed by atoms with van der Waals surface area (Å²) in [6.45, 7) is 11.0. The third-order valence-corrected chi connectivity index (χ3v) is 3.10. The first kappa shape index (κ1) is 18.5. The SMILES string of the molecule is CCCn1nccc1CNCCCN(C)C(=O)OC(C)(C)C. The highest BCUT2D eigenvalue weighted by Gasteiger charge is 2.18. The van der Waals surface area contributed by atoms with Crippen molar-refractivity contribution in [2.45, 2.75) is 59.2 Å². The Labute approximate surface area is 133 Å². The second-order valence-corrected chi connectivity index (χ2v) is 6.48. The fraction of sp³-hybridized carbons (Fsp3) is 0.750. The largest absolute Gasteiger partial charge is 0.444 e. The zero-order valence-electron chi connectivity index (χ0n) is 14.6. The Morgan fingerprint density at radius 3 is 2.82 bits per heavy atom. The smallest absolute Gasteiger partial charge is 0.410 e. The first-order valence-electron chi connectivity index (χ1n) is 7.99. The number of hydrogen-bond donors (Lipinski definition) is 1. The van der Waals surface area contributed by atoms with Gasteiger partial charge in [0.15, 0.2) is 0 Å². The van der Waals surface area contributed by atoms with E-state index in [0.717, 1.165) is 32.5 Å². The monoisotopic (exact) mass is 310 g/mol. The van der Waals surface area contributed by atoms with Crippen molar-refractivity contribution < 1.29 is 9.53 Å². The van der Waals surface area contributed by atoms with Gasteiger partial charge in [0.25, 0.3) is 0 Å². The minimum atomic E-state index is -0.443. The predicted octanol–water partition coefficient (Wildman–Crippen LogP) is 2.64. The number of rotatable bonds is 8. The molecule has 0 fully saturated rings. The molecule has 0 bridgehead atoms. The molecule has 6 nitrogen and oxygen atoms in total. The highest BCUT2D eigenvalue weighted by molar-refractivity contribution is 5.67. The van der Waals surface area contributed by atoms with Crippen LogP contribution in [0, 0.1) is 0 Å². The Balaban J connectivity index is 2.19. The number of carbonyl (C=O) groups excluding carboxylic acids is 1. The third kappa shape index (κ3) is 6.93. The summed E-state index contributed by atoms with van der Waals surface area (Å²) in [7, 11) is 1.77. The van der Waals surface area contributed by atoms with Crippen LogP contribution in [0.5, 0.6) is 0 Å². The van der Waals surface area contributed by atoms with Gasteiger partial charge in [0.05, 0.1) is 5.69 Å². The summed E-state index contributed by atoms with van der Waals surface area (Å²) in [5, 5.41) is 7.69. The number of nitrogens with one attached hydrogen (secondary N) is 1. The van der Waals surface area contributed by atoms with Crippen LogP contribution in [0.4, 0.5) is 4.79 Å². The molecule has 1 aromatic heterocycles. The number of nitrogens with zero attached hydrogens (tertiary/aromatic N) is 3. The van der Waals surface area contributed by atoms with Crippen molar-refractivity contribution in [1.82, 2.24) is 20.0 Å². The molecule has 1 N–H and O–H groups in total. The van der Waals surface area contributed by atoms with Crippen molar-refractivity contribution >= 4 is 6.09 Å². The lowest BCUT2D eigenvalue weighted by Gasteiger charge is -2.24. The van der Waals surface area contributed by atoms with Gasteiger partial charge in [-0.1, -0.05) is 6.92 Å². The Morgan fingerprint density at radius 1 is 1.45 bits per heavy atom. The van der Waals surface area contributed by atoms with E-state index in [1.807, 2.05) is 37.7 Å². The highest BCUT2D eigenvalue weighted by Crippen LogP contribution is 2.09. The molecule has 0 saturated carbocycles. The number of ether oxygens (including phenoxy) is 1. The van der Waals surface area contributed by atoms with E-state index in [1.165, 1.54) is 5.69 Å². The number of carbonyl (C=O) groups is 1. The van der Waals surface area contributed by atoms with Gasteiger partial charge in [-0.05, 0) is 46.2 Å². The normalized spacial score (nSPS) is 11.5. The molecule has 1 rings (SSSR count). The molecular weight excluding hydrogens is 280 g/mol. The summed E-state index contributed by atoms with van der Waals surface area (Å²) >= 11 is 0. The van der Waals surface area contributed by atoms with E-state index in [1.54, 1.807) is 11.9 Å². The van der Waals surface area contributed by atoms with E-state index in [-0.39, 0.29) is 6.09 Å². The molecule has 1 amide bonds. The predicted molar refractivity (Wildman–Crippen MR) is 87.7 cm³/mol. The Hall–Kier alpha value is -1.56. The lowest BCUT2D eigenvalue weighted by atomic mass is 10.2. The van der Waals surface area contributed by atoms with E-state index in [2.05, 4.69) is 17.3 Å². The first-order chi connectivity index (χ1) is 10.3. The van der Waals surface area contributed by atoms with Gasteiger partial charge >= 0.3 is 6.09 Å². The molecule has 0 unspecified atom stereocenters. The lowest BCUT2D eigenvalue weighted by Crippen LogP contribution is -2.35. The van der Waals surface area contributed by atoms with E-state index >= 15 is 0 Å². The van der Waals surface area contributed by atoms with Crippen LogP contribution >= 0.6 is 0 Å². The summed E-state index contributed by atoms with van der Waals surface area (Å²) in [5.41, 5.74) is 0.753. The van der Waals surface area contributed by atoms with Crippen molar-refractivity contribution in [1.29, 1.82) is 0 Å². The van der Waals surface area contributed by atoms with Gasteiger partial charge < -0.3 is 15.0 Å². The topological polar surface area (TPSA) is 59.4 Å². The van der Waals surface area contributed by atoms with Crippen molar-refractivity contribution in [2.75, 3.05) is 20.1 Å². The average molecular weight is 310 g/mol. The summed E-state index contributed by atoms with van der Waals surface area (Å²) in [6, 6.07) is 2.04. The van der Waals surface area contributed by atoms with Crippen LogP contribution in [-0.4, -0.2) is 46.5 Å². The van der Waals surface area contributed by atoms with Gasteiger partial charge in [-0.15, -0.1) is 0 Å². The lowest BCUT2D eigenvalue weighted by molar-refractivity contribution is 0.0297. The second-order valence-electron chi connectivity index (χ2n) is 6.48. The molecule has 1 aromatic rings. The second kappa shape index (κ2) is 8.78. The van der Waals surface area contributed by atoms with Crippen LogP contribution in [0.3, 0.4) is 0 Å². The Morgan fingerprint density at radius 2 is 2.18 bits per heavy atom. The molecule has 0 aliphatic heterocycles. The molecule has 0 atom stereocenters. The Kier molecular flexibility index (Phi) is 7.38. The van der Waals surface area contributed by atoms with Crippen LogP contribution in [-0.2, 0) is 17.8 Å². The van der Waals surface area contributed by atoms with Crippen molar-refractivity contribution in [3.05, 3.63) is 18.0 Å². The summed E-state index contributed by atoms with van der Waals surface area (Å²) in [4.78, 5) is 13.4. The number of amides is 1. The van der Waals surface area contributed by atoms with Crippen LogP contribution in [0.15, 0.2) is 12.3 Å². The molecule has 0 aromatic carbocycles. The van der Waals surface area contributed by atoms with Gasteiger partial charge in [0, 0.05) is 32.9 Å². The quantitative estimate of drug-likeness (QED) is 0.750. The summed E-state index contributed by atoms with van der Waals surface area (Å²) in [6.07, 6.45) is 3.53. The standard InChI is InChI=1S/C16H30N4O2/c1-6-11-20-14(8-10-18-20)13-17-9-7-12-19(5)15(21)22-16(2,3)4/h8,10,17H,6-7,9,11-13H2,1-5H3. The number of aromatic nitrogens is 2. The van der Waals surface area contributed by atoms with Gasteiger partial charge in [0.1, 0.15) is 5.60 Å². The highest BCUT2D eigenvalue weighted by atomic mass is 16.6. The summed E-state index contributed by atoms with van der Waals surface area (Å²) < 4.78 is 7.34. The van der Waals surface area contributed by atoms with Crippen LogP contribution in [0.25, 0.3) is 0 Å². The molecule has 0 aliphatic rings. The van der Waals surface area contributed by atoms with Crippen molar-refractivity contribution in [3.63, 3.8) is 0 Å². The molecule has 126 valence electrons. The minimum Gasteiger partial charge on any atom is -0.444 e. The van der Waals surface area contributed by atoms with Gasteiger partial charge in [-0.2, -0.15) is 5.10 Å². The number of hydrogen-bond acceptors (Lipinski definition) is 4. The van der Waals surface area contributed by atoms with Crippen LogP contribution < -0.4 is 5.32 Å². The molecule has 0 aliphatic carbocycles. The molecule has 22 heavy (non-hydrogen) atoms. The maximum atomic E-state index is 11.8. The third-order valence-electron chi connectivity index (χ3n) is 3.10. The van der Waals surface area contributed by atoms with E-state index in [9.17, 15) is 4.79 Å². The van der Waals surface area contributed by atoms with Crippen LogP contribution in [0.2, 0.25) is 0 Å². The Bertz CT molecular complexity index is 451. The summed E-state index contributed by atoms with van der Waals surface area (Å²) in [5.74, 6) is 0. The first-order valence-corrected chi connectivity index (χ1v) is 7.99. The zero-order chi connectivity index (χ0) is 16.6. The average Bonchev–Trinajstić information content (AvgIpc) is 2.84. The maximum Gasteiger partial charge on any atom is 0.410 e. The molecule has 1 heterocycles. The maximum absolute atomic E-state index is 11.8. The van der Waals surface area contributed by atoms with Gasteiger partial charge in [-0.25, -0.2) is 4.79 Å². The minimum absolute atomic E-state index is 0.270. The van der Waals surface area contributed by atoms with Gasteiger partial charge in [0.2, 0.25) is 0 Å². The molecule has 0 spiro atoms. The molecular formula is C16H30N4O2. The van der Waals surface area contributed by atoms with Crippen molar-refractivity contribution in [2.24, 2.45) is 0 Å². The molecule has 0 saturated heterocycles. The van der Waals surface area contributed by atoms with E-state index in [0.29, 0.717) is 6.54 Å². The van der Waals surface area contributed by atoms with Gasteiger partial charge in [-0.3, -0.25) is 4.68 Å². The fourth-order valence-corrected chi connectivity index (χ4v) is 2.01. The fourth-order valence-electron chi connectivity index (χ4n) is 2.01. The molecule has 0 radical (unpaired) electrons. The number of aryl methyl sites for hydroxylation is 1. The van der Waals surface area contributed by atoms with E-state index < -0.39 is 5.60 Å².